The first-order chi connectivity index (χ1) is 2.77. The maximum atomic E-state index is 4.60. The number of methoxy groups -OCH3 is 1. The molecule has 0 aromatic rings. The summed E-state index contributed by atoms with van der Waals surface area (Å²) in [5.74, 6) is -0.708. The SMILES string of the molecule is COC1(C)OO1.N. The average molecular weight is 107 g/mol. The molecule has 0 saturated carbocycles. The molecule has 0 aromatic heterocycles. The third kappa shape index (κ3) is 1.40. The zero-order chi connectivity index (χ0) is 4.62. The zero-order valence-corrected chi connectivity index (χ0v) is 4.43. The minimum Gasteiger partial charge on any atom is -0.344 e. The first-order valence-electron chi connectivity index (χ1n) is 1.69. The molecule has 0 radical (unpaired) electrons. The van der Waals surface area contributed by atoms with Gasteiger partial charge < -0.3 is 10.9 Å². The smallest absolute Gasteiger partial charge is 0.337 e. The quantitative estimate of drug-likeness (QED) is 0.389. The van der Waals surface area contributed by atoms with Gasteiger partial charge in [0.05, 0.1) is 0 Å². The van der Waals surface area contributed by atoms with Crippen LogP contribution in [-0.2, 0) is 14.5 Å². The molecule has 0 spiro atoms. The van der Waals surface area contributed by atoms with E-state index in [0.29, 0.717) is 0 Å². The van der Waals surface area contributed by atoms with Crippen LogP contribution in [0.3, 0.4) is 0 Å². The van der Waals surface area contributed by atoms with Crippen molar-refractivity contribution in [3.63, 3.8) is 0 Å². The summed E-state index contributed by atoms with van der Waals surface area (Å²) in [4.78, 5) is 8.65. The van der Waals surface area contributed by atoms with Crippen LogP contribution >= 0.6 is 0 Å². The van der Waals surface area contributed by atoms with Crippen molar-refractivity contribution >= 4 is 0 Å². The van der Waals surface area contributed by atoms with Gasteiger partial charge in [0.25, 0.3) is 0 Å². The predicted molar refractivity (Wildman–Crippen MR) is 22.6 cm³/mol. The summed E-state index contributed by atoms with van der Waals surface area (Å²) in [7, 11) is 1.52. The molecule has 4 nitrogen and oxygen atoms in total. The van der Waals surface area contributed by atoms with E-state index in [9.17, 15) is 0 Å². The summed E-state index contributed by atoms with van der Waals surface area (Å²) in [6, 6.07) is 0. The number of ether oxygens (including phenoxy) is 1. The number of hydrogen-bond donors (Lipinski definition) is 1. The van der Waals surface area contributed by atoms with Crippen molar-refractivity contribution in [2.24, 2.45) is 0 Å². The van der Waals surface area contributed by atoms with Crippen molar-refractivity contribution in [2.45, 2.75) is 12.9 Å². The molecular formula is C3H9NO3. The summed E-state index contributed by atoms with van der Waals surface area (Å²) < 4.78 is 4.60. The second-order valence-electron chi connectivity index (χ2n) is 1.23. The lowest BCUT2D eigenvalue weighted by Gasteiger charge is -1.88. The van der Waals surface area contributed by atoms with Crippen LogP contribution in [-0.4, -0.2) is 13.1 Å². The second-order valence-corrected chi connectivity index (χ2v) is 1.23. The first-order valence-corrected chi connectivity index (χ1v) is 1.69. The monoisotopic (exact) mass is 107 g/mol. The molecule has 0 bridgehead atoms. The third-order valence-electron chi connectivity index (χ3n) is 0.689. The van der Waals surface area contributed by atoms with E-state index in [1.54, 1.807) is 6.92 Å². The highest BCUT2D eigenvalue weighted by Gasteiger charge is 2.43. The summed E-state index contributed by atoms with van der Waals surface area (Å²) in [5.41, 5.74) is 0. The van der Waals surface area contributed by atoms with E-state index in [4.69, 9.17) is 0 Å². The Kier molecular flexibility index (Phi) is 1.71. The summed E-state index contributed by atoms with van der Waals surface area (Å²) >= 11 is 0. The number of hydrogen-bond acceptors (Lipinski definition) is 4. The molecule has 0 aliphatic carbocycles. The molecule has 0 atom stereocenters. The fourth-order valence-electron chi connectivity index (χ4n) is 0.127. The molecule has 1 aliphatic rings. The van der Waals surface area contributed by atoms with E-state index in [2.05, 4.69) is 14.5 Å². The largest absolute Gasteiger partial charge is 0.344 e. The van der Waals surface area contributed by atoms with E-state index in [1.165, 1.54) is 7.11 Å². The predicted octanol–water partition coefficient (Wildman–Crippen LogP) is 0.430. The fraction of sp³-hybridized carbons (Fsp3) is 1.00. The van der Waals surface area contributed by atoms with Gasteiger partial charge in [0.1, 0.15) is 0 Å². The van der Waals surface area contributed by atoms with Crippen molar-refractivity contribution in [1.82, 2.24) is 6.15 Å². The van der Waals surface area contributed by atoms with Crippen LogP contribution in [0.1, 0.15) is 6.92 Å². The topological polar surface area (TPSA) is 69.3 Å². The van der Waals surface area contributed by atoms with Crippen LogP contribution in [0.5, 0.6) is 0 Å². The minimum absolute atomic E-state index is 0. The van der Waals surface area contributed by atoms with Crippen LogP contribution in [0.15, 0.2) is 0 Å². The van der Waals surface area contributed by atoms with Gasteiger partial charge in [-0.25, -0.2) is 0 Å². The van der Waals surface area contributed by atoms with E-state index in [-0.39, 0.29) is 6.15 Å². The maximum absolute atomic E-state index is 4.60. The Morgan fingerprint density at radius 3 is 1.86 bits per heavy atom. The van der Waals surface area contributed by atoms with E-state index in [0.717, 1.165) is 0 Å². The lowest BCUT2D eigenvalue weighted by atomic mass is 10.7. The lowest BCUT2D eigenvalue weighted by Crippen LogP contribution is -2.04. The van der Waals surface area contributed by atoms with Gasteiger partial charge in [-0.2, -0.15) is 9.78 Å². The van der Waals surface area contributed by atoms with Gasteiger partial charge in [-0.1, -0.05) is 0 Å². The van der Waals surface area contributed by atoms with Crippen molar-refractivity contribution < 1.29 is 14.5 Å². The standard InChI is InChI=1S/C3H6O3.H3N/c1-3(4-2)5-6-3;/h1-2H3;1H3. The second kappa shape index (κ2) is 1.75. The van der Waals surface area contributed by atoms with Gasteiger partial charge >= 0.3 is 5.97 Å². The molecule has 1 heterocycles. The summed E-state index contributed by atoms with van der Waals surface area (Å²) in [6.45, 7) is 1.69. The van der Waals surface area contributed by atoms with E-state index < -0.39 is 5.97 Å². The Morgan fingerprint density at radius 2 is 1.86 bits per heavy atom. The van der Waals surface area contributed by atoms with E-state index >= 15 is 0 Å². The summed E-state index contributed by atoms with van der Waals surface area (Å²) in [6.07, 6.45) is 0. The lowest BCUT2D eigenvalue weighted by molar-refractivity contribution is -0.00241. The van der Waals surface area contributed by atoms with Gasteiger partial charge in [-0.15, -0.1) is 0 Å². The molecule has 1 saturated heterocycles. The Labute approximate surface area is 41.9 Å². The first kappa shape index (κ1) is 6.84. The van der Waals surface area contributed by atoms with Crippen LogP contribution in [0.25, 0.3) is 0 Å². The van der Waals surface area contributed by atoms with Crippen LogP contribution in [0.4, 0.5) is 0 Å². The van der Waals surface area contributed by atoms with Gasteiger partial charge in [0.15, 0.2) is 0 Å². The molecular weight excluding hydrogens is 98.0 g/mol. The molecule has 4 heteroatoms. The van der Waals surface area contributed by atoms with Crippen molar-refractivity contribution in [3.05, 3.63) is 0 Å². The molecule has 3 N–H and O–H groups in total. The van der Waals surface area contributed by atoms with Crippen molar-refractivity contribution in [1.29, 1.82) is 0 Å². The fourth-order valence-corrected chi connectivity index (χ4v) is 0.127. The highest BCUT2D eigenvalue weighted by Crippen LogP contribution is 2.27. The van der Waals surface area contributed by atoms with Crippen LogP contribution in [0.2, 0.25) is 0 Å². The highest BCUT2D eigenvalue weighted by molar-refractivity contribution is 4.45. The Bertz CT molecular complexity index is 61.2. The Morgan fingerprint density at radius 1 is 1.43 bits per heavy atom. The van der Waals surface area contributed by atoms with Crippen molar-refractivity contribution in [3.8, 4) is 0 Å². The zero-order valence-electron chi connectivity index (χ0n) is 4.43. The van der Waals surface area contributed by atoms with Crippen LogP contribution in [0, 0.1) is 0 Å². The molecule has 1 rings (SSSR count). The molecule has 0 amide bonds. The van der Waals surface area contributed by atoms with Gasteiger partial charge in [0.2, 0.25) is 0 Å². The van der Waals surface area contributed by atoms with Crippen molar-refractivity contribution in [2.75, 3.05) is 7.11 Å². The highest BCUT2D eigenvalue weighted by atomic mass is 17.4. The van der Waals surface area contributed by atoms with Gasteiger partial charge in [-0.3, -0.25) is 0 Å². The average Bonchev–Trinajstić information content (AvgIpc) is 2.22. The van der Waals surface area contributed by atoms with Gasteiger partial charge in [0, 0.05) is 14.0 Å². The third-order valence-corrected chi connectivity index (χ3v) is 0.689. The Hall–Kier alpha value is -0.160. The molecule has 44 valence electrons. The molecule has 1 aliphatic heterocycles. The Balaban J connectivity index is 0.000000360. The van der Waals surface area contributed by atoms with Crippen LogP contribution < -0.4 is 6.15 Å². The summed E-state index contributed by atoms with van der Waals surface area (Å²) in [5, 5.41) is 0. The number of rotatable bonds is 1. The van der Waals surface area contributed by atoms with Gasteiger partial charge in [-0.05, 0) is 0 Å². The molecule has 0 unspecified atom stereocenters. The molecule has 7 heavy (non-hydrogen) atoms. The minimum atomic E-state index is -0.708. The van der Waals surface area contributed by atoms with E-state index in [1.807, 2.05) is 0 Å². The molecule has 1 fully saturated rings. The maximum Gasteiger partial charge on any atom is 0.337 e. The normalized spacial score (nSPS) is 23.1. The molecule has 0 aromatic carbocycles.